The Morgan fingerprint density at radius 2 is 1.09 bits per heavy atom. The standard InChI is InChI=1S/C19H36O4/c1-5-9-12-16(7-3)22-18(20)14-11-15-19(21)23-17(8-4)13-10-6-2/h16-17H,5-15H2,1-4H3. The van der Waals surface area contributed by atoms with Gasteiger partial charge in [-0.3, -0.25) is 9.59 Å². The quantitative estimate of drug-likeness (QED) is 0.412. The molecule has 0 saturated heterocycles. The van der Waals surface area contributed by atoms with Gasteiger partial charge in [0, 0.05) is 12.8 Å². The number of rotatable bonds is 14. The van der Waals surface area contributed by atoms with Gasteiger partial charge >= 0.3 is 11.9 Å². The largest absolute Gasteiger partial charge is 0.462 e. The first-order valence-corrected chi connectivity index (χ1v) is 9.46. The van der Waals surface area contributed by atoms with E-state index in [2.05, 4.69) is 13.8 Å². The molecule has 23 heavy (non-hydrogen) atoms. The van der Waals surface area contributed by atoms with Crippen molar-refractivity contribution in [2.75, 3.05) is 0 Å². The summed E-state index contributed by atoms with van der Waals surface area (Å²) in [5.41, 5.74) is 0. The van der Waals surface area contributed by atoms with E-state index in [1.54, 1.807) is 0 Å². The van der Waals surface area contributed by atoms with Crippen LogP contribution in [0.4, 0.5) is 0 Å². The van der Waals surface area contributed by atoms with Crippen LogP contribution in [0, 0.1) is 0 Å². The Bertz CT molecular complexity index is 284. The fourth-order valence-corrected chi connectivity index (χ4v) is 2.42. The molecule has 0 aliphatic carbocycles. The number of esters is 2. The van der Waals surface area contributed by atoms with Crippen LogP contribution in [0.5, 0.6) is 0 Å². The molecule has 0 N–H and O–H groups in total. The molecule has 0 fully saturated rings. The first-order valence-electron chi connectivity index (χ1n) is 9.46. The van der Waals surface area contributed by atoms with E-state index in [0.717, 1.165) is 51.4 Å². The second kappa shape index (κ2) is 14.5. The maximum Gasteiger partial charge on any atom is 0.306 e. The van der Waals surface area contributed by atoms with E-state index in [4.69, 9.17) is 9.47 Å². The molecule has 0 aromatic carbocycles. The normalized spacial score (nSPS) is 13.4. The van der Waals surface area contributed by atoms with Gasteiger partial charge in [0.1, 0.15) is 12.2 Å². The predicted molar refractivity (Wildman–Crippen MR) is 93.2 cm³/mol. The lowest BCUT2D eigenvalue weighted by Crippen LogP contribution is -2.19. The van der Waals surface area contributed by atoms with E-state index >= 15 is 0 Å². The third-order valence-corrected chi connectivity index (χ3v) is 4.03. The zero-order chi connectivity index (χ0) is 17.5. The summed E-state index contributed by atoms with van der Waals surface area (Å²) in [6, 6.07) is 0. The van der Waals surface area contributed by atoms with Gasteiger partial charge < -0.3 is 9.47 Å². The molecule has 0 aliphatic heterocycles. The van der Waals surface area contributed by atoms with E-state index in [1.807, 2.05) is 13.8 Å². The van der Waals surface area contributed by atoms with Crippen LogP contribution in [0.1, 0.15) is 98.3 Å². The van der Waals surface area contributed by atoms with Gasteiger partial charge in [0.25, 0.3) is 0 Å². The Labute approximate surface area is 142 Å². The van der Waals surface area contributed by atoms with Crippen LogP contribution in [0.2, 0.25) is 0 Å². The van der Waals surface area contributed by atoms with Crippen molar-refractivity contribution in [3.8, 4) is 0 Å². The lowest BCUT2D eigenvalue weighted by atomic mass is 10.1. The van der Waals surface area contributed by atoms with Crippen LogP contribution >= 0.6 is 0 Å². The van der Waals surface area contributed by atoms with Crippen molar-refractivity contribution in [2.24, 2.45) is 0 Å². The Balaban J connectivity index is 3.90. The molecule has 0 bridgehead atoms. The van der Waals surface area contributed by atoms with E-state index in [9.17, 15) is 9.59 Å². The summed E-state index contributed by atoms with van der Waals surface area (Å²) in [4.78, 5) is 23.6. The third-order valence-electron chi connectivity index (χ3n) is 4.03. The molecule has 0 aromatic heterocycles. The van der Waals surface area contributed by atoms with Crippen LogP contribution in [-0.4, -0.2) is 24.1 Å². The van der Waals surface area contributed by atoms with Gasteiger partial charge in [-0.15, -0.1) is 0 Å². The lowest BCUT2D eigenvalue weighted by molar-refractivity contribution is -0.151. The molecule has 0 saturated carbocycles. The molecular formula is C19H36O4. The van der Waals surface area contributed by atoms with E-state index in [-0.39, 0.29) is 24.1 Å². The van der Waals surface area contributed by atoms with Crippen molar-refractivity contribution in [3.63, 3.8) is 0 Å². The molecule has 4 nitrogen and oxygen atoms in total. The molecule has 0 rings (SSSR count). The number of hydrogen-bond donors (Lipinski definition) is 0. The Morgan fingerprint density at radius 1 is 0.696 bits per heavy atom. The zero-order valence-electron chi connectivity index (χ0n) is 15.6. The molecule has 0 spiro atoms. The summed E-state index contributed by atoms with van der Waals surface area (Å²) in [5, 5.41) is 0. The van der Waals surface area contributed by atoms with Crippen LogP contribution in [-0.2, 0) is 19.1 Å². The van der Waals surface area contributed by atoms with Crippen molar-refractivity contribution in [1.82, 2.24) is 0 Å². The number of carbonyl (C=O) groups excluding carboxylic acids is 2. The van der Waals surface area contributed by atoms with Crippen molar-refractivity contribution in [2.45, 2.75) is 111 Å². The Kier molecular flexibility index (Phi) is 13.9. The molecule has 0 aliphatic rings. The van der Waals surface area contributed by atoms with Gasteiger partial charge in [0.15, 0.2) is 0 Å². The minimum absolute atomic E-state index is 0.0212. The molecule has 2 unspecified atom stereocenters. The summed E-state index contributed by atoms with van der Waals surface area (Å²) < 4.78 is 10.9. The highest BCUT2D eigenvalue weighted by Gasteiger charge is 2.15. The zero-order valence-corrected chi connectivity index (χ0v) is 15.6. The summed E-state index contributed by atoms with van der Waals surface area (Å²) in [6.45, 7) is 8.33. The maximum atomic E-state index is 11.8. The topological polar surface area (TPSA) is 52.6 Å². The molecule has 0 aromatic rings. The average molecular weight is 328 g/mol. The highest BCUT2D eigenvalue weighted by molar-refractivity contribution is 5.72. The summed E-state index contributed by atoms with van der Waals surface area (Å²) in [6.07, 6.45) is 9.06. The summed E-state index contributed by atoms with van der Waals surface area (Å²) in [5.74, 6) is -0.391. The Hall–Kier alpha value is -1.06. The first kappa shape index (κ1) is 21.9. The number of unbranched alkanes of at least 4 members (excludes halogenated alkanes) is 2. The lowest BCUT2D eigenvalue weighted by Gasteiger charge is -2.17. The van der Waals surface area contributed by atoms with Crippen molar-refractivity contribution >= 4 is 11.9 Å². The molecule has 0 amide bonds. The van der Waals surface area contributed by atoms with E-state index < -0.39 is 0 Å². The smallest absolute Gasteiger partial charge is 0.306 e. The summed E-state index contributed by atoms with van der Waals surface area (Å²) in [7, 11) is 0. The van der Waals surface area contributed by atoms with E-state index in [0.29, 0.717) is 19.3 Å². The highest BCUT2D eigenvalue weighted by Crippen LogP contribution is 2.13. The number of ether oxygens (including phenoxy) is 2. The monoisotopic (exact) mass is 328 g/mol. The fraction of sp³-hybridized carbons (Fsp3) is 0.895. The minimum Gasteiger partial charge on any atom is -0.462 e. The molecule has 136 valence electrons. The molecule has 2 atom stereocenters. The number of hydrogen-bond acceptors (Lipinski definition) is 4. The van der Waals surface area contributed by atoms with Crippen molar-refractivity contribution < 1.29 is 19.1 Å². The third kappa shape index (κ3) is 12.1. The molecule has 0 heterocycles. The SMILES string of the molecule is CCCCC(CC)OC(=O)CCCC(=O)OC(CC)CCCC. The first-order chi connectivity index (χ1) is 11.1. The van der Waals surface area contributed by atoms with Gasteiger partial charge in [-0.05, 0) is 32.1 Å². The highest BCUT2D eigenvalue weighted by atomic mass is 16.5. The Morgan fingerprint density at radius 3 is 1.39 bits per heavy atom. The van der Waals surface area contributed by atoms with Crippen LogP contribution in [0.25, 0.3) is 0 Å². The molecule has 0 radical (unpaired) electrons. The van der Waals surface area contributed by atoms with Gasteiger partial charge in [0.2, 0.25) is 0 Å². The fourth-order valence-electron chi connectivity index (χ4n) is 2.42. The van der Waals surface area contributed by atoms with Crippen LogP contribution < -0.4 is 0 Å². The van der Waals surface area contributed by atoms with Crippen molar-refractivity contribution in [1.29, 1.82) is 0 Å². The van der Waals surface area contributed by atoms with Gasteiger partial charge in [0.05, 0.1) is 0 Å². The second-order valence-corrected chi connectivity index (χ2v) is 6.18. The molecular weight excluding hydrogens is 292 g/mol. The van der Waals surface area contributed by atoms with Crippen LogP contribution in [0.3, 0.4) is 0 Å². The van der Waals surface area contributed by atoms with Gasteiger partial charge in [-0.1, -0.05) is 53.4 Å². The second-order valence-electron chi connectivity index (χ2n) is 6.18. The summed E-state index contributed by atoms with van der Waals surface area (Å²) >= 11 is 0. The molecule has 4 heteroatoms. The van der Waals surface area contributed by atoms with E-state index in [1.165, 1.54) is 0 Å². The van der Waals surface area contributed by atoms with Crippen LogP contribution in [0.15, 0.2) is 0 Å². The van der Waals surface area contributed by atoms with Gasteiger partial charge in [-0.25, -0.2) is 0 Å². The average Bonchev–Trinajstić information content (AvgIpc) is 2.55. The number of carbonyl (C=O) groups is 2. The van der Waals surface area contributed by atoms with Crippen molar-refractivity contribution in [3.05, 3.63) is 0 Å². The minimum atomic E-state index is -0.196. The maximum absolute atomic E-state index is 11.8. The predicted octanol–water partition coefficient (Wildman–Crippen LogP) is 5.18. The van der Waals surface area contributed by atoms with Gasteiger partial charge in [-0.2, -0.15) is 0 Å².